The van der Waals surface area contributed by atoms with Crippen molar-refractivity contribution in [3.05, 3.63) is 0 Å². The Morgan fingerprint density at radius 1 is 1.00 bits per heavy atom. The van der Waals surface area contributed by atoms with Gasteiger partial charge >= 0.3 is 0 Å². The van der Waals surface area contributed by atoms with Gasteiger partial charge in [-0.1, -0.05) is 33.6 Å². The fraction of sp³-hybridized carbons (Fsp3) is 1.00. The Kier molecular flexibility index (Phi) is 8.74. The molecular weight excluding hydrogens is 134 g/mol. The van der Waals surface area contributed by atoms with Gasteiger partial charge < -0.3 is 0 Å². The Labute approximate surface area is 62.6 Å². The van der Waals surface area contributed by atoms with E-state index in [9.17, 15) is 8.78 Å². The largest absolute Gasteiger partial charge is 0.245 e. The first kappa shape index (κ1) is 12.5. The minimum atomic E-state index is -2.46. The summed E-state index contributed by atoms with van der Waals surface area (Å²) >= 11 is 0. The predicted molar refractivity (Wildman–Crippen MR) is 41.5 cm³/mol. The van der Waals surface area contributed by atoms with Gasteiger partial charge in [0.2, 0.25) is 5.92 Å². The molecule has 0 aliphatic heterocycles. The van der Waals surface area contributed by atoms with Crippen molar-refractivity contribution in [1.82, 2.24) is 0 Å². The average molecular weight is 152 g/mol. The number of alkyl halides is 2. The van der Waals surface area contributed by atoms with Gasteiger partial charge in [-0.2, -0.15) is 0 Å². The first-order valence-corrected chi connectivity index (χ1v) is 3.85. The highest BCUT2D eigenvalue weighted by Gasteiger charge is 2.15. The second-order valence-electron chi connectivity index (χ2n) is 2.42. The van der Waals surface area contributed by atoms with Crippen LogP contribution in [0.5, 0.6) is 0 Å². The number of hydrogen-bond donors (Lipinski definition) is 0. The Balaban J connectivity index is 0. The molecule has 2 heteroatoms. The molecule has 0 spiro atoms. The molecule has 0 radical (unpaired) electrons. The quantitative estimate of drug-likeness (QED) is 0.563. The van der Waals surface area contributed by atoms with Gasteiger partial charge in [-0.3, -0.25) is 0 Å². The molecule has 0 unspecified atom stereocenters. The van der Waals surface area contributed by atoms with E-state index < -0.39 is 5.92 Å². The molecule has 0 amide bonds. The normalized spacial score (nSPS) is 10.2. The van der Waals surface area contributed by atoms with Crippen molar-refractivity contribution in [1.29, 1.82) is 0 Å². The van der Waals surface area contributed by atoms with E-state index in [4.69, 9.17) is 0 Å². The van der Waals surface area contributed by atoms with Crippen LogP contribution in [0.3, 0.4) is 0 Å². The first-order chi connectivity index (χ1) is 4.47. The van der Waals surface area contributed by atoms with Gasteiger partial charge in [0.25, 0.3) is 0 Å². The second-order valence-corrected chi connectivity index (χ2v) is 2.42. The zero-order valence-corrected chi connectivity index (χ0v) is 7.38. The maximum Gasteiger partial charge on any atom is 0.245 e. The lowest BCUT2D eigenvalue weighted by Crippen LogP contribution is -2.05. The molecule has 0 fully saturated rings. The van der Waals surface area contributed by atoms with E-state index in [-0.39, 0.29) is 6.42 Å². The van der Waals surface area contributed by atoms with Crippen LogP contribution in [0.15, 0.2) is 0 Å². The molecule has 0 saturated carbocycles. The van der Waals surface area contributed by atoms with Gasteiger partial charge in [-0.25, -0.2) is 8.78 Å². The highest BCUT2D eigenvalue weighted by Crippen LogP contribution is 2.14. The van der Waals surface area contributed by atoms with Crippen LogP contribution < -0.4 is 0 Å². The molecule has 0 aromatic heterocycles. The van der Waals surface area contributed by atoms with Gasteiger partial charge in [0.05, 0.1) is 0 Å². The maximum absolute atomic E-state index is 11.5. The predicted octanol–water partition coefficient (Wildman–Crippen LogP) is 3.86. The van der Waals surface area contributed by atoms with Crippen LogP contribution in [-0.4, -0.2) is 5.92 Å². The molecule has 0 aliphatic rings. The van der Waals surface area contributed by atoms with Crippen LogP contribution in [0.4, 0.5) is 8.78 Å². The van der Waals surface area contributed by atoms with Crippen LogP contribution in [0.1, 0.15) is 47.0 Å². The molecule has 0 aromatic rings. The third-order valence-electron chi connectivity index (χ3n) is 1.12. The van der Waals surface area contributed by atoms with Gasteiger partial charge in [-0.05, 0) is 6.92 Å². The zero-order valence-electron chi connectivity index (χ0n) is 7.38. The van der Waals surface area contributed by atoms with Crippen LogP contribution in [0.2, 0.25) is 0 Å². The second kappa shape index (κ2) is 6.97. The van der Waals surface area contributed by atoms with Crippen molar-refractivity contribution in [3.8, 4) is 0 Å². The summed E-state index contributed by atoms with van der Waals surface area (Å²) in [5, 5.41) is 0. The summed E-state index contributed by atoms with van der Waals surface area (Å²) < 4.78 is 22.9. The first-order valence-electron chi connectivity index (χ1n) is 3.85. The van der Waals surface area contributed by atoms with Crippen molar-refractivity contribution < 1.29 is 8.78 Å². The molecular formula is C8H18F2. The van der Waals surface area contributed by atoms with Gasteiger partial charge in [-0.15, -0.1) is 0 Å². The monoisotopic (exact) mass is 152 g/mol. The topological polar surface area (TPSA) is 0 Å². The minimum Gasteiger partial charge on any atom is -0.207 e. The number of halogens is 2. The Hall–Kier alpha value is -0.140. The maximum atomic E-state index is 11.5. The molecule has 0 saturated heterocycles. The standard InChI is InChI=1S/C4H8F2.C4H10/c1-3-4(2,5)6;1-3-4-2/h3H2,1-2H3;3-4H2,1-2H3. The van der Waals surface area contributed by atoms with Crippen molar-refractivity contribution in [2.45, 2.75) is 52.9 Å². The van der Waals surface area contributed by atoms with E-state index in [1.54, 1.807) is 0 Å². The van der Waals surface area contributed by atoms with Crippen molar-refractivity contribution in [3.63, 3.8) is 0 Å². The molecule has 64 valence electrons. The molecule has 10 heavy (non-hydrogen) atoms. The van der Waals surface area contributed by atoms with E-state index in [1.807, 2.05) is 0 Å². The SMILES string of the molecule is CCC(C)(F)F.CCCC. The summed E-state index contributed by atoms with van der Waals surface area (Å²) in [6, 6.07) is 0. The lowest BCUT2D eigenvalue weighted by molar-refractivity contribution is 0.0181. The highest BCUT2D eigenvalue weighted by atomic mass is 19.3. The molecule has 0 rings (SSSR count). The van der Waals surface area contributed by atoms with Gasteiger partial charge in [0, 0.05) is 6.42 Å². The summed E-state index contributed by atoms with van der Waals surface area (Å²) in [6.45, 7) is 6.73. The van der Waals surface area contributed by atoms with Crippen LogP contribution in [0.25, 0.3) is 0 Å². The van der Waals surface area contributed by atoms with E-state index >= 15 is 0 Å². The summed E-state index contributed by atoms with van der Waals surface area (Å²) in [7, 11) is 0. The zero-order chi connectivity index (χ0) is 8.62. The molecule has 0 N–H and O–H groups in total. The van der Waals surface area contributed by atoms with Crippen molar-refractivity contribution in [2.75, 3.05) is 0 Å². The number of rotatable bonds is 2. The highest BCUT2D eigenvalue weighted by molar-refractivity contribution is 4.50. The average Bonchev–Trinajstić information content (AvgIpc) is 1.87. The lowest BCUT2D eigenvalue weighted by Gasteiger charge is -2.02. The van der Waals surface area contributed by atoms with Gasteiger partial charge in [0.15, 0.2) is 0 Å². The van der Waals surface area contributed by atoms with Gasteiger partial charge in [0.1, 0.15) is 0 Å². The number of unbranched alkanes of at least 4 members (excludes halogenated alkanes) is 1. The Morgan fingerprint density at radius 2 is 1.20 bits per heavy atom. The molecule has 0 heterocycles. The summed E-state index contributed by atoms with van der Waals surface area (Å²) in [4.78, 5) is 0. The fourth-order valence-corrected chi connectivity index (χ4v) is 0. The smallest absolute Gasteiger partial charge is 0.207 e. The minimum absolute atomic E-state index is 0.0625. The lowest BCUT2D eigenvalue weighted by atomic mass is 10.3. The Bertz CT molecular complexity index is 52.8. The van der Waals surface area contributed by atoms with E-state index in [0.717, 1.165) is 6.92 Å². The molecule has 0 bridgehead atoms. The summed E-state index contributed by atoms with van der Waals surface area (Å²) in [6.07, 6.45) is 2.58. The summed E-state index contributed by atoms with van der Waals surface area (Å²) in [5.74, 6) is -2.46. The molecule has 0 atom stereocenters. The van der Waals surface area contributed by atoms with E-state index in [2.05, 4.69) is 13.8 Å². The van der Waals surface area contributed by atoms with Crippen LogP contribution >= 0.6 is 0 Å². The third-order valence-corrected chi connectivity index (χ3v) is 1.12. The third kappa shape index (κ3) is 24.8. The van der Waals surface area contributed by atoms with E-state index in [0.29, 0.717) is 0 Å². The van der Waals surface area contributed by atoms with E-state index in [1.165, 1.54) is 19.8 Å². The van der Waals surface area contributed by atoms with Crippen molar-refractivity contribution in [2.24, 2.45) is 0 Å². The summed E-state index contributed by atoms with van der Waals surface area (Å²) in [5.41, 5.74) is 0. The fourth-order valence-electron chi connectivity index (χ4n) is 0. The van der Waals surface area contributed by atoms with Crippen LogP contribution in [-0.2, 0) is 0 Å². The number of hydrogen-bond acceptors (Lipinski definition) is 0. The molecule has 0 aliphatic carbocycles. The Morgan fingerprint density at radius 3 is 1.20 bits per heavy atom. The molecule has 0 nitrogen and oxygen atoms in total. The molecule has 0 aromatic carbocycles. The van der Waals surface area contributed by atoms with Crippen molar-refractivity contribution >= 4 is 0 Å². The van der Waals surface area contributed by atoms with Crippen LogP contribution in [0, 0.1) is 0 Å².